The van der Waals surface area contributed by atoms with Crippen molar-refractivity contribution < 1.29 is 19.1 Å². The zero-order chi connectivity index (χ0) is 31.2. The highest BCUT2D eigenvalue weighted by Gasteiger charge is 2.46. The van der Waals surface area contributed by atoms with Crippen LogP contribution >= 0.6 is 23.2 Å². The summed E-state index contributed by atoms with van der Waals surface area (Å²) in [7, 11) is 1.41. The second-order valence-corrected chi connectivity index (χ2v) is 13.6. The van der Waals surface area contributed by atoms with Crippen LogP contribution in [-0.4, -0.2) is 52.3 Å². The van der Waals surface area contributed by atoms with Crippen LogP contribution in [0, 0.1) is 0 Å². The van der Waals surface area contributed by atoms with Crippen molar-refractivity contribution in [3.8, 4) is 0 Å². The molecule has 1 aliphatic heterocycles. The maximum Gasteiger partial charge on any atom is 0.410 e. The van der Waals surface area contributed by atoms with Gasteiger partial charge >= 0.3 is 12.1 Å². The van der Waals surface area contributed by atoms with Crippen LogP contribution in [0.3, 0.4) is 0 Å². The summed E-state index contributed by atoms with van der Waals surface area (Å²) >= 11 is 12.6. The SMILES string of the molecule is COC(=O)C(c1ccc(Cl)cc1)(c1ccc(Cl)cc1)c1ccc2nc(C3CC3)n(C3CCN(C(=O)OC(C)(C)C)CC3)c2c1. The van der Waals surface area contributed by atoms with Gasteiger partial charge in [0.2, 0.25) is 0 Å². The number of hydrogen-bond donors (Lipinski definition) is 0. The number of amides is 1. The normalized spacial score (nSPS) is 16.3. The predicted molar refractivity (Wildman–Crippen MR) is 173 cm³/mol. The van der Waals surface area contributed by atoms with Gasteiger partial charge in [-0.05, 0) is 99.5 Å². The first-order valence-electron chi connectivity index (χ1n) is 15.1. The Labute approximate surface area is 268 Å². The molecule has 3 aromatic carbocycles. The Bertz CT molecular complexity index is 1630. The van der Waals surface area contributed by atoms with E-state index in [4.69, 9.17) is 37.7 Å². The molecule has 0 bridgehead atoms. The van der Waals surface area contributed by atoms with E-state index in [0.29, 0.717) is 29.1 Å². The summed E-state index contributed by atoms with van der Waals surface area (Å²) < 4.78 is 13.6. The molecule has 1 aromatic heterocycles. The van der Waals surface area contributed by atoms with Crippen LogP contribution in [0.1, 0.15) is 80.9 Å². The lowest BCUT2D eigenvalue weighted by atomic mass is 9.69. The Morgan fingerprint density at radius 3 is 1.86 bits per heavy atom. The molecule has 0 N–H and O–H groups in total. The minimum Gasteiger partial charge on any atom is -0.468 e. The van der Waals surface area contributed by atoms with Crippen molar-refractivity contribution in [2.75, 3.05) is 20.2 Å². The number of carbonyl (C=O) groups excluding carboxylic acids is 2. The highest BCUT2D eigenvalue weighted by atomic mass is 35.5. The third-order valence-corrected chi connectivity index (χ3v) is 9.12. The lowest BCUT2D eigenvalue weighted by molar-refractivity contribution is -0.144. The number of carbonyl (C=O) groups is 2. The fraction of sp³-hybridized carbons (Fsp3) is 0.400. The summed E-state index contributed by atoms with van der Waals surface area (Å²) in [5.41, 5.74) is 2.25. The zero-order valence-corrected chi connectivity index (χ0v) is 27.0. The van der Waals surface area contributed by atoms with E-state index in [2.05, 4.69) is 10.6 Å². The molecule has 7 nitrogen and oxygen atoms in total. The van der Waals surface area contributed by atoms with Crippen molar-refractivity contribution in [3.05, 3.63) is 99.3 Å². The van der Waals surface area contributed by atoms with Crippen LogP contribution in [0.4, 0.5) is 4.79 Å². The molecule has 230 valence electrons. The van der Waals surface area contributed by atoms with Gasteiger partial charge in [0.15, 0.2) is 0 Å². The van der Waals surface area contributed by atoms with E-state index in [1.54, 1.807) is 29.2 Å². The number of piperidine rings is 1. The maximum absolute atomic E-state index is 14.1. The van der Waals surface area contributed by atoms with Crippen molar-refractivity contribution in [2.24, 2.45) is 0 Å². The molecule has 1 amide bonds. The van der Waals surface area contributed by atoms with E-state index in [9.17, 15) is 9.59 Å². The molecule has 1 saturated heterocycles. The van der Waals surface area contributed by atoms with Crippen LogP contribution in [0.2, 0.25) is 10.0 Å². The van der Waals surface area contributed by atoms with Crippen LogP contribution in [0.25, 0.3) is 11.0 Å². The Balaban J connectivity index is 1.48. The number of imidazole rings is 1. The van der Waals surface area contributed by atoms with E-state index in [1.165, 1.54) is 7.11 Å². The third kappa shape index (κ3) is 5.68. The van der Waals surface area contributed by atoms with E-state index in [0.717, 1.165) is 59.2 Å². The van der Waals surface area contributed by atoms with Gasteiger partial charge in [-0.15, -0.1) is 0 Å². The molecule has 0 unspecified atom stereocenters. The quantitative estimate of drug-likeness (QED) is 0.158. The van der Waals surface area contributed by atoms with Crippen LogP contribution < -0.4 is 0 Å². The summed E-state index contributed by atoms with van der Waals surface area (Å²) in [6.45, 7) is 6.86. The molecule has 44 heavy (non-hydrogen) atoms. The van der Waals surface area contributed by atoms with Crippen molar-refractivity contribution in [1.82, 2.24) is 14.5 Å². The van der Waals surface area contributed by atoms with E-state index >= 15 is 0 Å². The van der Waals surface area contributed by atoms with Crippen molar-refractivity contribution in [2.45, 2.75) is 69.4 Å². The van der Waals surface area contributed by atoms with E-state index in [1.807, 2.05) is 57.2 Å². The number of hydrogen-bond acceptors (Lipinski definition) is 5. The zero-order valence-electron chi connectivity index (χ0n) is 25.5. The number of ether oxygens (including phenoxy) is 2. The van der Waals surface area contributed by atoms with Gasteiger partial charge in [0.05, 0.1) is 18.1 Å². The molecule has 4 aromatic rings. The predicted octanol–water partition coefficient (Wildman–Crippen LogP) is 8.30. The van der Waals surface area contributed by atoms with Crippen molar-refractivity contribution in [1.29, 1.82) is 0 Å². The Morgan fingerprint density at radius 1 is 0.818 bits per heavy atom. The molecule has 0 atom stereocenters. The lowest BCUT2D eigenvalue weighted by Gasteiger charge is -2.35. The summed E-state index contributed by atoms with van der Waals surface area (Å²) in [5, 5.41) is 1.15. The first-order chi connectivity index (χ1) is 21.0. The van der Waals surface area contributed by atoms with Crippen molar-refractivity contribution >= 4 is 46.3 Å². The fourth-order valence-corrected chi connectivity index (χ4v) is 6.65. The summed E-state index contributed by atoms with van der Waals surface area (Å²) in [4.78, 5) is 33.8. The molecule has 0 radical (unpaired) electrons. The molecule has 9 heteroatoms. The average Bonchev–Trinajstić information content (AvgIpc) is 3.78. The summed E-state index contributed by atoms with van der Waals surface area (Å²) in [5.74, 6) is 1.07. The third-order valence-electron chi connectivity index (χ3n) is 8.62. The van der Waals surface area contributed by atoms with Gasteiger partial charge in [0.25, 0.3) is 0 Å². The first kappa shape index (κ1) is 30.5. The smallest absolute Gasteiger partial charge is 0.410 e. The van der Waals surface area contributed by atoms with Gasteiger partial charge in [0, 0.05) is 35.1 Å². The molecule has 2 aliphatic rings. The Kier molecular flexibility index (Phi) is 8.14. The second kappa shape index (κ2) is 11.8. The maximum atomic E-state index is 14.1. The molecule has 2 heterocycles. The Hall–Kier alpha value is -3.55. The number of likely N-dealkylation sites (tertiary alicyclic amines) is 1. The molecule has 0 spiro atoms. The summed E-state index contributed by atoms with van der Waals surface area (Å²) in [6, 6.07) is 20.9. The van der Waals surface area contributed by atoms with Crippen LogP contribution in [0.5, 0.6) is 0 Å². The number of benzene rings is 3. The number of fused-ring (bicyclic) bond motifs is 1. The number of aromatic nitrogens is 2. The monoisotopic (exact) mass is 633 g/mol. The molecule has 2 fully saturated rings. The number of nitrogens with zero attached hydrogens (tertiary/aromatic N) is 3. The van der Waals surface area contributed by atoms with E-state index < -0.39 is 17.0 Å². The van der Waals surface area contributed by atoms with Crippen molar-refractivity contribution in [3.63, 3.8) is 0 Å². The molecular weight excluding hydrogens is 597 g/mol. The standard InChI is InChI=1S/C35H37Cl2N3O4/c1-34(2,3)44-33(42)39-19-17-28(18-20-39)40-30-21-25(11-16-29(30)38-31(40)22-5-6-22)35(32(41)43-4,23-7-12-26(36)13-8-23)24-9-14-27(37)15-10-24/h7-16,21-22,28H,5-6,17-20H2,1-4H3. The largest absolute Gasteiger partial charge is 0.468 e. The summed E-state index contributed by atoms with van der Waals surface area (Å²) in [6.07, 6.45) is 3.50. The minimum absolute atomic E-state index is 0.156. The lowest BCUT2D eigenvalue weighted by Crippen LogP contribution is -2.42. The van der Waals surface area contributed by atoms with Gasteiger partial charge in [-0.25, -0.2) is 9.78 Å². The molecule has 6 rings (SSSR count). The average molecular weight is 635 g/mol. The van der Waals surface area contributed by atoms with Gasteiger partial charge in [-0.3, -0.25) is 4.79 Å². The molecular formula is C35H37Cl2N3O4. The number of rotatable bonds is 6. The second-order valence-electron chi connectivity index (χ2n) is 12.8. The number of methoxy groups -OCH3 is 1. The van der Waals surface area contributed by atoms with Gasteiger partial charge in [0.1, 0.15) is 16.8 Å². The van der Waals surface area contributed by atoms with Gasteiger partial charge < -0.3 is 18.9 Å². The van der Waals surface area contributed by atoms with Gasteiger partial charge in [-0.1, -0.05) is 53.5 Å². The van der Waals surface area contributed by atoms with E-state index in [-0.39, 0.29) is 12.1 Å². The fourth-order valence-electron chi connectivity index (χ4n) is 6.40. The number of halogens is 2. The molecule has 1 saturated carbocycles. The molecule has 1 aliphatic carbocycles. The Morgan fingerprint density at radius 2 is 1.36 bits per heavy atom. The van der Waals surface area contributed by atoms with Crippen LogP contribution in [0.15, 0.2) is 66.7 Å². The highest BCUT2D eigenvalue weighted by Crippen LogP contribution is 2.46. The van der Waals surface area contributed by atoms with Crippen LogP contribution in [-0.2, 0) is 19.7 Å². The highest BCUT2D eigenvalue weighted by molar-refractivity contribution is 6.30. The minimum atomic E-state index is -1.28. The number of esters is 1. The van der Waals surface area contributed by atoms with Gasteiger partial charge in [-0.2, -0.15) is 0 Å². The topological polar surface area (TPSA) is 73.7 Å². The first-order valence-corrected chi connectivity index (χ1v) is 15.9.